The van der Waals surface area contributed by atoms with Crippen molar-refractivity contribution in [1.82, 2.24) is 14.9 Å². The Morgan fingerprint density at radius 1 is 1.38 bits per heavy atom. The van der Waals surface area contributed by atoms with E-state index in [4.69, 9.17) is 8.22 Å². The van der Waals surface area contributed by atoms with Gasteiger partial charge in [-0.1, -0.05) is 6.07 Å². The maximum Gasteiger partial charge on any atom is 0.0867 e. The van der Waals surface area contributed by atoms with Gasteiger partial charge >= 0.3 is 0 Å². The Hall–Kier alpha value is -1.78. The Balaban J connectivity index is 1.80. The summed E-state index contributed by atoms with van der Waals surface area (Å²) in [5, 5.41) is 0.919. The summed E-state index contributed by atoms with van der Waals surface area (Å²) in [7, 11) is 0. The molecule has 0 radical (unpaired) electrons. The summed E-state index contributed by atoms with van der Waals surface area (Å²) in [5.74, 6) is 0. The van der Waals surface area contributed by atoms with Crippen molar-refractivity contribution in [3.05, 3.63) is 48.2 Å². The third-order valence-electron chi connectivity index (χ3n) is 4.73. The first-order chi connectivity index (χ1) is 14.1. The van der Waals surface area contributed by atoms with E-state index in [1.165, 1.54) is 0 Å². The number of likely N-dealkylation sites (tertiary alicyclic amines) is 1. The average molecular weight is 344 g/mol. The van der Waals surface area contributed by atoms with Crippen LogP contribution in [0.3, 0.4) is 0 Å². The summed E-state index contributed by atoms with van der Waals surface area (Å²) in [5.41, 5.74) is 3.52. The van der Waals surface area contributed by atoms with Crippen molar-refractivity contribution in [3.8, 4) is 11.4 Å². The van der Waals surface area contributed by atoms with Gasteiger partial charge in [0.1, 0.15) is 0 Å². The molecular weight excluding hydrogens is 314 g/mol. The molecule has 0 saturated carbocycles. The lowest BCUT2D eigenvalue weighted by Gasteiger charge is -2.19. The van der Waals surface area contributed by atoms with Gasteiger partial charge < -0.3 is 9.88 Å². The van der Waals surface area contributed by atoms with Gasteiger partial charge in [-0.25, -0.2) is 0 Å². The molecule has 3 aromatic rings. The van der Waals surface area contributed by atoms with Crippen LogP contribution in [0.2, 0.25) is 0 Å². The lowest BCUT2D eigenvalue weighted by atomic mass is 9.99. The summed E-state index contributed by atoms with van der Waals surface area (Å²) >= 11 is 0.847. The molecule has 0 spiro atoms. The fraction of sp³-hybridized carbons (Fsp3) is 0.350. The van der Waals surface area contributed by atoms with Crippen LogP contribution in [0.1, 0.15) is 26.6 Å². The highest BCUT2D eigenvalue weighted by Gasteiger charge is 2.24. The van der Waals surface area contributed by atoms with Crippen molar-refractivity contribution in [3.63, 3.8) is 0 Å². The van der Waals surface area contributed by atoms with Crippen molar-refractivity contribution in [2.24, 2.45) is 0 Å². The molecule has 124 valence electrons. The molecule has 24 heavy (non-hydrogen) atoms. The number of nitrogens with zero attached hydrogens (tertiary/aromatic N) is 2. The predicted octanol–water partition coefficient (Wildman–Crippen LogP) is 4.59. The smallest absolute Gasteiger partial charge is 0.0867 e. The molecule has 0 aliphatic carbocycles. The van der Waals surface area contributed by atoms with Gasteiger partial charge in [0.15, 0.2) is 0 Å². The average Bonchev–Trinajstić information content (AvgIpc) is 3.26. The standard InChI is InChI=1S/C20H23N3S/c1-23-11-5-6-14(23)12-17-16-13-15(24-2)8-9-18(16)22-20(17)19-7-3-4-10-21-19/h3-4,7-10,13-14,22H,5-6,11-12H2,1-2H3/t14-/m1/s1/i1D3,2D3. The van der Waals surface area contributed by atoms with E-state index in [9.17, 15) is 0 Å². The maximum absolute atomic E-state index is 7.87. The van der Waals surface area contributed by atoms with Crippen LogP contribution in [0.25, 0.3) is 22.3 Å². The number of aromatic nitrogens is 2. The molecule has 2 aromatic heterocycles. The largest absolute Gasteiger partial charge is 0.353 e. The summed E-state index contributed by atoms with van der Waals surface area (Å²) in [6.45, 7) is -1.57. The van der Waals surface area contributed by atoms with E-state index in [-0.39, 0.29) is 6.04 Å². The number of hydrogen-bond acceptors (Lipinski definition) is 3. The van der Waals surface area contributed by atoms with Crippen LogP contribution in [0.4, 0.5) is 0 Å². The number of H-pyrrole nitrogens is 1. The lowest BCUT2D eigenvalue weighted by Crippen LogP contribution is -2.26. The van der Waals surface area contributed by atoms with E-state index in [1.54, 1.807) is 17.2 Å². The van der Waals surface area contributed by atoms with E-state index in [0.29, 0.717) is 17.9 Å². The minimum Gasteiger partial charge on any atom is -0.353 e. The van der Waals surface area contributed by atoms with Gasteiger partial charge in [-0.05, 0) is 74.9 Å². The first kappa shape index (κ1) is 10.3. The van der Waals surface area contributed by atoms with E-state index < -0.39 is 13.2 Å². The molecule has 1 aromatic carbocycles. The quantitative estimate of drug-likeness (QED) is 0.703. The Morgan fingerprint density at radius 3 is 3.21 bits per heavy atom. The second kappa shape index (κ2) is 6.61. The van der Waals surface area contributed by atoms with Gasteiger partial charge in [0.25, 0.3) is 0 Å². The van der Waals surface area contributed by atoms with Crippen molar-refractivity contribution in [2.75, 3.05) is 19.7 Å². The number of aromatic amines is 1. The SMILES string of the molecule is [2H]C([2H])([2H])Sc1ccc2[nH]c(-c3ccccn3)c(C[C@H]3CCCN3C([2H])([2H])[2H])c2c1. The number of thioether (sulfide) groups is 1. The van der Waals surface area contributed by atoms with Crippen LogP contribution in [0.5, 0.6) is 0 Å². The van der Waals surface area contributed by atoms with Gasteiger partial charge in [0, 0.05) is 36.3 Å². The third-order valence-corrected chi connectivity index (χ3v) is 5.22. The van der Waals surface area contributed by atoms with Crippen LogP contribution >= 0.6 is 11.8 Å². The maximum atomic E-state index is 7.87. The van der Waals surface area contributed by atoms with Crippen molar-refractivity contribution < 1.29 is 8.22 Å². The molecule has 0 amide bonds. The number of nitrogens with one attached hydrogen (secondary N) is 1. The molecule has 3 nitrogen and oxygen atoms in total. The second-order valence-corrected chi connectivity index (χ2v) is 6.87. The fourth-order valence-electron chi connectivity index (χ4n) is 3.52. The fourth-order valence-corrected chi connectivity index (χ4v) is 3.83. The van der Waals surface area contributed by atoms with Crippen LogP contribution in [-0.2, 0) is 6.42 Å². The Morgan fingerprint density at radius 2 is 2.38 bits per heavy atom. The predicted molar refractivity (Wildman–Crippen MR) is 103 cm³/mol. The zero-order valence-electron chi connectivity index (χ0n) is 19.2. The molecule has 1 aliphatic rings. The van der Waals surface area contributed by atoms with Crippen LogP contribution < -0.4 is 0 Å². The monoisotopic (exact) mass is 343 g/mol. The van der Waals surface area contributed by atoms with Gasteiger partial charge in [-0.2, -0.15) is 0 Å². The molecule has 0 bridgehead atoms. The number of hydrogen-bond donors (Lipinski definition) is 1. The molecule has 1 aliphatic heterocycles. The molecule has 1 N–H and O–H groups in total. The minimum atomic E-state index is -2.13. The van der Waals surface area contributed by atoms with Crippen molar-refractivity contribution in [1.29, 1.82) is 0 Å². The minimum absolute atomic E-state index is 0.0992. The highest BCUT2D eigenvalue weighted by atomic mass is 32.2. The molecule has 4 heteroatoms. The van der Waals surface area contributed by atoms with Gasteiger partial charge in [-0.15, -0.1) is 11.8 Å². The second-order valence-electron chi connectivity index (χ2n) is 6.20. The summed E-state index contributed by atoms with van der Waals surface area (Å²) in [6.07, 6.45) is 1.83. The summed E-state index contributed by atoms with van der Waals surface area (Å²) < 4.78 is 46.3. The zero-order valence-corrected chi connectivity index (χ0v) is 14.1. The van der Waals surface area contributed by atoms with E-state index in [0.717, 1.165) is 52.5 Å². The Labute approximate surface area is 155 Å². The van der Waals surface area contributed by atoms with Gasteiger partial charge in [0.2, 0.25) is 0 Å². The molecule has 3 heterocycles. The number of fused-ring (bicyclic) bond motifs is 1. The highest BCUT2D eigenvalue weighted by molar-refractivity contribution is 7.98. The zero-order chi connectivity index (χ0) is 21.5. The van der Waals surface area contributed by atoms with Crippen LogP contribution in [0.15, 0.2) is 47.5 Å². The summed E-state index contributed by atoms with van der Waals surface area (Å²) in [4.78, 5) is 10.2. The van der Waals surface area contributed by atoms with Gasteiger partial charge in [-0.3, -0.25) is 4.98 Å². The molecule has 1 saturated heterocycles. The van der Waals surface area contributed by atoms with Crippen molar-refractivity contribution >= 4 is 22.7 Å². The molecule has 0 unspecified atom stereocenters. The van der Waals surface area contributed by atoms with Gasteiger partial charge in [0.05, 0.1) is 11.4 Å². The first-order valence-corrected chi connectivity index (χ1v) is 8.95. The first-order valence-electron chi connectivity index (χ1n) is 11.1. The van der Waals surface area contributed by atoms with Crippen molar-refractivity contribution in [2.45, 2.75) is 30.2 Å². The number of benzene rings is 1. The molecule has 1 fully saturated rings. The lowest BCUT2D eigenvalue weighted by molar-refractivity contribution is 0.310. The number of rotatable bonds is 4. The topological polar surface area (TPSA) is 31.9 Å². The van der Waals surface area contributed by atoms with E-state index >= 15 is 0 Å². The van der Waals surface area contributed by atoms with E-state index in [1.807, 2.05) is 30.3 Å². The highest BCUT2D eigenvalue weighted by Crippen LogP contribution is 2.34. The Kier molecular flexibility index (Phi) is 2.83. The summed E-state index contributed by atoms with van der Waals surface area (Å²) in [6, 6.07) is 11.2. The molecular formula is C20H23N3S. The molecule has 4 rings (SSSR count). The Bertz CT molecular complexity index is 1030. The normalized spacial score (nSPS) is 23.2. The molecule has 1 atom stereocenters. The van der Waals surface area contributed by atoms with Crippen LogP contribution in [0, 0.1) is 0 Å². The number of likely N-dealkylation sites (N-methyl/N-ethyl adjacent to an activating group) is 1. The number of pyridine rings is 1. The third kappa shape index (κ3) is 2.85. The van der Waals surface area contributed by atoms with Crippen LogP contribution in [-0.4, -0.2) is 40.6 Å². The van der Waals surface area contributed by atoms with E-state index in [2.05, 4.69) is 9.97 Å².